The molecule has 0 aliphatic carbocycles. The predicted octanol–water partition coefficient (Wildman–Crippen LogP) is 3.32. The molecule has 8 nitrogen and oxygen atoms in total. The highest BCUT2D eigenvalue weighted by Crippen LogP contribution is 2.27. The van der Waals surface area contributed by atoms with E-state index in [4.69, 9.17) is 4.74 Å². The van der Waals surface area contributed by atoms with E-state index in [0.717, 1.165) is 10.1 Å². The number of halogens is 1. The monoisotopic (exact) mass is 480 g/mol. The molecule has 35 heavy (non-hydrogen) atoms. The summed E-state index contributed by atoms with van der Waals surface area (Å²) >= 11 is 0. The highest BCUT2D eigenvalue weighted by atomic mass is 19.1. The second-order valence-corrected chi connectivity index (χ2v) is 9.16. The first-order valence-corrected chi connectivity index (χ1v) is 11.1. The highest BCUT2D eigenvalue weighted by Gasteiger charge is 2.24. The second-order valence-electron chi connectivity index (χ2n) is 9.16. The van der Waals surface area contributed by atoms with Gasteiger partial charge in [0.05, 0.1) is 12.9 Å². The predicted molar refractivity (Wildman–Crippen MR) is 130 cm³/mol. The molecule has 0 fully saturated rings. The van der Waals surface area contributed by atoms with E-state index in [2.05, 4.69) is 15.6 Å². The van der Waals surface area contributed by atoms with Crippen molar-refractivity contribution in [1.82, 2.24) is 14.9 Å². The average Bonchev–Trinajstić information content (AvgIpc) is 2.79. The molecule has 3 rings (SSSR count). The number of anilines is 1. The van der Waals surface area contributed by atoms with Crippen molar-refractivity contribution in [1.29, 1.82) is 0 Å². The topological polar surface area (TPSA) is 102 Å². The van der Waals surface area contributed by atoms with Gasteiger partial charge in [0.2, 0.25) is 5.91 Å². The van der Waals surface area contributed by atoms with Gasteiger partial charge >= 0.3 is 0 Å². The molecule has 0 spiro atoms. The molecule has 0 saturated heterocycles. The molecular weight excluding hydrogens is 451 g/mol. The number of nitrogens with one attached hydrogen (secondary N) is 2. The average molecular weight is 481 g/mol. The largest absolute Gasteiger partial charge is 0.380 e. The van der Waals surface area contributed by atoms with E-state index in [1.54, 1.807) is 43.5 Å². The zero-order valence-electron chi connectivity index (χ0n) is 20.2. The Morgan fingerprint density at radius 3 is 2.43 bits per heavy atom. The number of hydrogen-bond donors (Lipinski definition) is 2. The summed E-state index contributed by atoms with van der Waals surface area (Å²) in [7, 11) is 1.58. The van der Waals surface area contributed by atoms with Gasteiger partial charge in [-0.2, -0.15) is 0 Å². The molecule has 2 N–H and O–H groups in total. The summed E-state index contributed by atoms with van der Waals surface area (Å²) in [6, 6.07) is 11.7. The minimum atomic E-state index is -1.09. The number of benzene rings is 2. The fourth-order valence-electron chi connectivity index (χ4n) is 3.55. The standard InChI is InChI=1S/C26H29FN4O4/c1-26(2,3)20-10-9-19(13-21(20)27)29-25(34)24(18-7-5-17(6-8-18)15-35-4)30-22(32)14-31-16-28-12-11-23(31)33/h5-13,16,24H,14-15H2,1-4H3,(H,29,34)(H,30,32)/t24-/m1/s1. The first-order chi connectivity index (χ1) is 16.6. The van der Waals surface area contributed by atoms with Crippen LogP contribution in [0.2, 0.25) is 0 Å². The van der Waals surface area contributed by atoms with Crippen LogP contribution in [0.25, 0.3) is 0 Å². The number of rotatable bonds is 8. The van der Waals surface area contributed by atoms with Gasteiger partial charge in [0.25, 0.3) is 11.5 Å². The van der Waals surface area contributed by atoms with Crippen LogP contribution in [-0.2, 0) is 32.9 Å². The number of ether oxygens (including phenoxy) is 1. The van der Waals surface area contributed by atoms with Crippen molar-refractivity contribution in [2.45, 2.75) is 45.4 Å². The third kappa shape index (κ3) is 6.83. The fourth-order valence-corrected chi connectivity index (χ4v) is 3.55. The molecule has 0 unspecified atom stereocenters. The lowest BCUT2D eigenvalue weighted by Gasteiger charge is -2.22. The summed E-state index contributed by atoms with van der Waals surface area (Å²) in [4.78, 5) is 41.7. The van der Waals surface area contributed by atoms with Crippen LogP contribution in [0, 0.1) is 5.82 Å². The lowest BCUT2D eigenvalue weighted by molar-refractivity contribution is -0.127. The molecule has 0 radical (unpaired) electrons. The smallest absolute Gasteiger partial charge is 0.253 e. The van der Waals surface area contributed by atoms with Crippen molar-refractivity contribution in [2.24, 2.45) is 0 Å². The van der Waals surface area contributed by atoms with Gasteiger partial charge in [-0.15, -0.1) is 0 Å². The molecule has 0 saturated carbocycles. The Labute approximate surface area is 203 Å². The van der Waals surface area contributed by atoms with Gasteiger partial charge in [-0.1, -0.05) is 51.1 Å². The Morgan fingerprint density at radius 1 is 1.11 bits per heavy atom. The Bertz CT molecular complexity index is 1250. The summed E-state index contributed by atoms with van der Waals surface area (Å²) < 4.78 is 20.9. The first-order valence-electron chi connectivity index (χ1n) is 11.1. The summed E-state index contributed by atoms with van der Waals surface area (Å²) in [5.41, 5.74) is 1.41. The van der Waals surface area contributed by atoms with Gasteiger partial charge < -0.3 is 15.4 Å². The Balaban J connectivity index is 1.85. The van der Waals surface area contributed by atoms with Crippen molar-refractivity contribution in [3.05, 3.63) is 93.9 Å². The molecular formula is C26H29FN4O4. The Kier molecular flexibility index (Phi) is 8.14. The number of carbonyl (C=O) groups is 2. The number of aromatic nitrogens is 2. The van der Waals surface area contributed by atoms with E-state index >= 15 is 0 Å². The van der Waals surface area contributed by atoms with Crippen molar-refractivity contribution in [2.75, 3.05) is 12.4 Å². The third-order valence-electron chi connectivity index (χ3n) is 5.34. The SMILES string of the molecule is COCc1ccc([C@@H](NC(=O)Cn2cnccc2=O)C(=O)Nc2ccc(C(C)(C)C)c(F)c2)cc1. The molecule has 0 aliphatic heterocycles. The van der Waals surface area contributed by atoms with Gasteiger partial charge in [-0.05, 0) is 34.2 Å². The zero-order valence-corrected chi connectivity index (χ0v) is 20.2. The molecule has 2 amide bonds. The van der Waals surface area contributed by atoms with Gasteiger partial charge in [0.1, 0.15) is 18.4 Å². The Hall–Kier alpha value is -3.85. The van der Waals surface area contributed by atoms with Crippen LogP contribution >= 0.6 is 0 Å². The van der Waals surface area contributed by atoms with E-state index in [-0.39, 0.29) is 12.2 Å². The van der Waals surface area contributed by atoms with Crippen LogP contribution in [0.5, 0.6) is 0 Å². The van der Waals surface area contributed by atoms with Crippen LogP contribution in [-0.4, -0.2) is 28.5 Å². The lowest BCUT2D eigenvalue weighted by atomic mass is 9.86. The molecule has 1 atom stereocenters. The van der Waals surface area contributed by atoms with Crippen LogP contribution in [0.15, 0.2) is 65.8 Å². The zero-order chi connectivity index (χ0) is 25.6. The van der Waals surface area contributed by atoms with Crippen LogP contribution < -0.4 is 16.2 Å². The summed E-state index contributed by atoms with van der Waals surface area (Å²) in [5.74, 6) is -1.55. The maximum atomic E-state index is 14.7. The van der Waals surface area contributed by atoms with Crippen molar-refractivity contribution in [3.63, 3.8) is 0 Å². The molecule has 3 aromatic rings. The third-order valence-corrected chi connectivity index (χ3v) is 5.34. The fraction of sp³-hybridized carbons (Fsp3) is 0.308. The minimum Gasteiger partial charge on any atom is -0.380 e. The van der Waals surface area contributed by atoms with Gasteiger partial charge in [-0.3, -0.25) is 19.0 Å². The molecule has 1 heterocycles. The lowest BCUT2D eigenvalue weighted by Crippen LogP contribution is -2.40. The van der Waals surface area contributed by atoms with E-state index < -0.39 is 34.6 Å². The van der Waals surface area contributed by atoms with Gasteiger partial charge in [0, 0.05) is 25.1 Å². The van der Waals surface area contributed by atoms with Crippen molar-refractivity contribution >= 4 is 17.5 Å². The first kappa shape index (κ1) is 25.8. The quantitative estimate of drug-likeness (QED) is 0.515. The normalized spacial score (nSPS) is 12.1. The Morgan fingerprint density at radius 2 is 1.83 bits per heavy atom. The molecule has 2 aromatic carbocycles. The van der Waals surface area contributed by atoms with Crippen LogP contribution in [0.3, 0.4) is 0 Å². The van der Waals surface area contributed by atoms with E-state index in [1.807, 2.05) is 20.8 Å². The van der Waals surface area contributed by atoms with Crippen molar-refractivity contribution in [3.8, 4) is 0 Å². The maximum absolute atomic E-state index is 14.7. The molecule has 1 aromatic heterocycles. The minimum absolute atomic E-state index is 0.263. The van der Waals surface area contributed by atoms with Crippen molar-refractivity contribution < 1.29 is 18.7 Å². The molecule has 184 valence electrons. The number of carbonyl (C=O) groups excluding carboxylic acids is 2. The summed E-state index contributed by atoms with van der Waals surface area (Å²) in [6.07, 6.45) is 2.58. The van der Waals surface area contributed by atoms with E-state index in [1.165, 1.54) is 24.7 Å². The number of amides is 2. The number of nitrogens with zero attached hydrogens (tertiary/aromatic N) is 2. The van der Waals surface area contributed by atoms with Gasteiger partial charge in [-0.25, -0.2) is 9.37 Å². The highest BCUT2D eigenvalue weighted by molar-refractivity contribution is 5.97. The van der Waals surface area contributed by atoms with Crippen LogP contribution in [0.4, 0.5) is 10.1 Å². The second kappa shape index (κ2) is 11.1. The van der Waals surface area contributed by atoms with Gasteiger partial charge in [0.15, 0.2) is 0 Å². The molecule has 0 bridgehead atoms. The summed E-state index contributed by atoms with van der Waals surface area (Å²) in [6.45, 7) is 5.78. The van der Waals surface area contributed by atoms with Crippen LogP contribution in [0.1, 0.15) is 43.5 Å². The molecule has 0 aliphatic rings. The number of hydrogen-bond acceptors (Lipinski definition) is 5. The van der Waals surface area contributed by atoms with E-state index in [9.17, 15) is 18.8 Å². The van der Waals surface area contributed by atoms with E-state index in [0.29, 0.717) is 17.7 Å². The maximum Gasteiger partial charge on any atom is 0.253 e. The number of methoxy groups -OCH3 is 1. The summed E-state index contributed by atoms with van der Waals surface area (Å²) in [5, 5.41) is 5.35. The molecule has 9 heteroatoms.